The lowest BCUT2D eigenvalue weighted by molar-refractivity contribution is -0.415. The van der Waals surface area contributed by atoms with Crippen molar-refractivity contribution in [2.24, 2.45) is 5.41 Å². The molecule has 1 aliphatic heterocycles. The Morgan fingerprint density at radius 1 is 0.773 bits per heavy atom. The summed E-state index contributed by atoms with van der Waals surface area (Å²) in [5, 5.41) is 10.8. The highest BCUT2D eigenvalue weighted by Crippen LogP contribution is 2.42. The molecule has 3 aromatic carbocycles. The van der Waals surface area contributed by atoms with Crippen molar-refractivity contribution in [2.75, 3.05) is 13.2 Å². The van der Waals surface area contributed by atoms with Crippen LogP contribution >= 0.6 is 0 Å². The minimum atomic E-state index is -5.50. The number of hydrogen-bond acceptors (Lipinski definition) is 4. The average Bonchev–Trinajstić information content (AvgIpc) is 2.88. The summed E-state index contributed by atoms with van der Waals surface area (Å²) in [6, 6.07) is 3.14. The maximum absolute atomic E-state index is 15.1. The van der Waals surface area contributed by atoms with Crippen molar-refractivity contribution in [1.29, 1.82) is 0 Å². The molecule has 0 bridgehead atoms. The molecule has 1 aliphatic rings. The molecular formula is C30H26F10O4. The van der Waals surface area contributed by atoms with Gasteiger partial charge in [0.15, 0.2) is 0 Å². The summed E-state index contributed by atoms with van der Waals surface area (Å²) in [4.78, 5) is 0. The van der Waals surface area contributed by atoms with Gasteiger partial charge in [0.25, 0.3) is 0 Å². The van der Waals surface area contributed by atoms with E-state index in [0.717, 1.165) is 43.9 Å². The molecule has 14 heteroatoms. The molecule has 4 nitrogen and oxygen atoms in total. The van der Waals surface area contributed by atoms with Crippen molar-refractivity contribution in [3.05, 3.63) is 88.2 Å². The molecule has 3 aromatic rings. The van der Waals surface area contributed by atoms with E-state index in [1.165, 1.54) is 0 Å². The number of ether oxygens (including phenoxy) is 3. The lowest BCUT2D eigenvalue weighted by atomic mass is 9.85. The number of hydrogen-bond donors (Lipinski definition) is 1. The van der Waals surface area contributed by atoms with E-state index in [2.05, 4.69) is 4.74 Å². The predicted octanol–water partition coefficient (Wildman–Crippen LogP) is 8.93. The van der Waals surface area contributed by atoms with Gasteiger partial charge in [0.2, 0.25) is 0 Å². The molecule has 0 atom stereocenters. The van der Waals surface area contributed by atoms with Crippen LogP contribution in [0.1, 0.15) is 56.2 Å². The fourth-order valence-corrected chi connectivity index (χ4v) is 4.77. The Morgan fingerprint density at radius 3 is 1.82 bits per heavy atom. The van der Waals surface area contributed by atoms with E-state index in [-0.39, 0.29) is 30.9 Å². The molecule has 0 saturated carbocycles. The Hall–Kier alpha value is -3.36. The standard InChI is InChI=1S/C30H26F10O4/c1-3-4-5-8-27(2)14-42-30(41,43-15-27)17-6-7-19(20(31)11-17)16-9-21(32)26(22(33)10-16)29(39,40)44-18-12-23(34)25(24(35)13-18)28(36,37)38/h6-7,9-13,41H,3-5,8,14-15H2,1-2H3. The quantitative estimate of drug-likeness (QED) is 0.188. The van der Waals surface area contributed by atoms with E-state index in [1.807, 2.05) is 13.8 Å². The first-order chi connectivity index (χ1) is 20.4. The van der Waals surface area contributed by atoms with Crippen molar-refractivity contribution in [1.82, 2.24) is 0 Å². The summed E-state index contributed by atoms with van der Waals surface area (Å²) in [7, 11) is 0. The maximum atomic E-state index is 15.1. The van der Waals surface area contributed by atoms with Gasteiger partial charge in [-0.05, 0) is 30.2 Å². The lowest BCUT2D eigenvalue weighted by Gasteiger charge is -2.42. The van der Waals surface area contributed by atoms with E-state index in [9.17, 15) is 44.6 Å². The molecule has 0 radical (unpaired) electrons. The lowest BCUT2D eigenvalue weighted by Crippen LogP contribution is -2.46. The van der Waals surface area contributed by atoms with Crippen LogP contribution in [0, 0.1) is 34.5 Å². The van der Waals surface area contributed by atoms with Gasteiger partial charge in [-0.15, -0.1) is 0 Å². The highest BCUT2D eigenvalue weighted by atomic mass is 19.4. The van der Waals surface area contributed by atoms with E-state index < -0.39 is 80.8 Å². The number of rotatable bonds is 9. The Labute approximate surface area is 245 Å². The Balaban J connectivity index is 1.56. The smallest absolute Gasteiger partial charge is 0.429 e. The van der Waals surface area contributed by atoms with Crippen molar-refractivity contribution < 1.29 is 63.2 Å². The van der Waals surface area contributed by atoms with Crippen LogP contribution in [0.25, 0.3) is 11.1 Å². The second kappa shape index (κ2) is 12.2. The molecule has 0 unspecified atom stereocenters. The minimum absolute atomic E-state index is 0.0938. The molecule has 1 N–H and O–H groups in total. The number of unbranched alkanes of at least 4 members (excludes halogenated alkanes) is 2. The summed E-state index contributed by atoms with van der Waals surface area (Å²) in [5.74, 6) is -13.5. The van der Waals surface area contributed by atoms with Gasteiger partial charge < -0.3 is 19.3 Å². The third-order valence-electron chi connectivity index (χ3n) is 7.14. The van der Waals surface area contributed by atoms with Crippen molar-refractivity contribution in [3.63, 3.8) is 0 Å². The monoisotopic (exact) mass is 640 g/mol. The van der Waals surface area contributed by atoms with Gasteiger partial charge in [0.05, 0.1) is 13.2 Å². The van der Waals surface area contributed by atoms with Gasteiger partial charge in [0, 0.05) is 28.7 Å². The molecule has 44 heavy (non-hydrogen) atoms. The molecule has 0 amide bonds. The first-order valence-corrected chi connectivity index (χ1v) is 13.3. The first kappa shape index (κ1) is 33.5. The van der Waals surface area contributed by atoms with Crippen LogP contribution in [0.3, 0.4) is 0 Å². The SMILES string of the molecule is CCCCCC1(C)COC(O)(c2ccc(-c3cc(F)c(C(F)(F)Oc4cc(F)c(C(F)(F)F)c(F)c4)c(F)c3)c(F)c2)OC1. The molecule has 1 fully saturated rings. The van der Waals surface area contributed by atoms with Crippen molar-refractivity contribution in [3.8, 4) is 16.9 Å². The first-order valence-electron chi connectivity index (χ1n) is 13.3. The van der Waals surface area contributed by atoms with Crippen molar-refractivity contribution >= 4 is 0 Å². The summed E-state index contributed by atoms with van der Waals surface area (Å²) in [5.41, 5.74) is -6.04. The number of halogens is 10. The Bertz CT molecular complexity index is 1470. The van der Waals surface area contributed by atoms with Crippen LogP contribution in [0.15, 0.2) is 42.5 Å². The zero-order chi connectivity index (χ0) is 32.7. The summed E-state index contributed by atoms with van der Waals surface area (Å²) in [6.07, 6.45) is -6.79. The van der Waals surface area contributed by atoms with Crippen LogP contribution in [0.4, 0.5) is 43.9 Å². The topological polar surface area (TPSA) is 47.9 Å². The number of alkyl halides is 5. The van der Waals surface area contributed by atoms with E-state index in [1.54, 1.807) is 0 Å². The fraction of sp³-hybridized carbons (Fsp3) is 0.400. The average molecular weight is 641 g/mol. The second-order valence-corrected chi connectivity index (χ2v) is 10.8. The third kappa shape index (κ3) is 6.97. The summed E-state index contributed by atoms with van der Waals surface area (Å²) in [6.45, 7) is 4.15. The van der Waals surface area contributed by atoms with Gasteiger partial charge >= 0.3 is 18.3 Å². The fourth-order valence-electron chi connectivity index (χ4n) is 4.77. The highest BCUT2D eigenvalue weighted by Gasteiger charge is 2.44. The minimum Gasteiger partial charge on any atom is -0.429 e. The number of aliphatic hydroxyl groups is 1. The van der Waals surface area contributed by atoms with Crippen molar-refractivity contribution in [2.45, 2.75) is 57.8 Å². The molecule has 0 spiro atoms. The molecule has 4 rings (SSSR count). The van der Waals surface area contributed by atoms with Crippen LogP contribution < -0.4 is 4.74 Å². The second-order valence-electron chi connectivity index (χ2n) is 10.8. The molecule has 1 heterocycles. The van der Waals surface area contributed by atoms with Gasteiger partial charge in [0.1, 0.15) is 46.0 Å². The van der Waals surface area contributed by atoms with E-state index in [4.69, 9.17) is 9.47 Å². The van der Waals surface area contributed by atoms with Crippen LogP contribution in [-0.2, 0) is 27.7 Å². The highest BCUT2D eigenvalue weighted by molar-refractivity contribution is 5.65. The summed E-state index contributed by atoms with van der Waals surface area (Å²) >= 11 is 0. The Morgan fingerprint density at radius 2 is 1.32 bits per heavy atom. The van der Waals surface area contributed by atoms with Gasteiger partial charge in [-0.2, -0.15) is 22.0 Å². The molecule has 1 saturated heterocycles. The summed E-state index contributed by atoms with van der Waals surface area (Å²) < 4.78 is 155. The maximum Gasteiger partial charge on any atom is 0.432 e. The molecular weight excluding hydrogens is 614 g/mol. The molecule has 0 aromatic heterocycles. The van der Waals surface area contributed by atoms with Crippen LogP contribution in [0.5, 0.6) is 5.75 Å². The predicted molar refractivity (Wildman–Crippen MR) is 136 cm³/mol. The third-order valence-corrected chi connectivity index (χ3v) is 7.14. The van der Waals surface area contributed by atoms with E-state index >= 15 is 4.39 Å². The largest absolute Gasteiger partial charge is 0.432 e. The van der Waals surface area contributed by atoms with Gasteiger partial charge in [-0.3, -0.25) is 0 Å². The van der Waals surface area contributed by atoms with Crippen LogP contribution in [-0.4, -0.2) is 18.3 Å². The van der Waals surface area contributed by atoms with Gasteiger partial charge in [-0.25, -0.2) is 22.0 Å². The Kier molecular flexibility index (Phi) is 9.30. The zero-order valence-corrected chi connectivity index (χ0v) is 23.2. The molecule has 240 valence electrons. The van der Waals surface area contributed by atoms with Crippen LogP contribution in [0.2, 0.25) is 0 Å². The zero-order valence-electron chi connectivity index (χ0n) is 23.2. The van der Waals surface area contributed by atoms with E-state index in [0.29, 0.717) is 12.1 Å². The normalized spacial score (nSPS) is 21.0. The number of benzene rings is 3. The van der Waals surface area contributed by atoms with Gasteiger partial charge in [-0.1, -0.05) is 45.2 Å². The molecule has 0 aliphatic carbocycles.